The highest BCUT2D eigenvalue weighted by Crippen LogP contribution is 2.61. The molecule has 1 atom stereocenters. The summed E-state index contributed by atoms with van der Waals surface area (Å²) in [5, 5.41) is 0. The number of hydrogen-bond donors (Lipinski definition) is 0. The van der Waals surface area contributed by atoms with E-state index in [2.05, 4.69) is 14.9 Å². The van der Waals surface area contributed by atoms with E-state index in [1.807, 2.05) is 13.0 Å². The molecule has 0 N–H and O–H groups in total. The summed E-state index contributed by atoms with van der Waals surface area (Å²) in [6.07, 6.45) is 12.8. The van der Waals surface area contributed by atoms with Crippen LogP contribution < -0.4 is 4.74 Å². The van der Waals surface area contributed by atoms with Crippen LogP contribution in [-0.4, -0.2) is 40.0 Å². The second-order valence-corrected chi connectivity index (χ2v) is 9.76. The van der Waals surface area contributed by atoms with Crippen LogP contribution in [0.3, 0.4) is 0 Å². The maximum Gasteiger partial charge on any atom is 0.223 e. The molecule has 5 aliphatic rings. The highest BCUT2D eigenvalue weighted by atomic mass is 16.5. The summed E-state index contributed by atoms with van der Waals surface area (Å²) in [6, 6.07) is 1.81. The van der Waals surface area contributed by atoms with Crippen molar-refractivity contribution in [2.75, 3.05) is 13.1 Å². The Morgan fingerprint density at radius 1 is 1.22 bits per heavy atom. The van der Waals surface area contributed by atoms with Gasteiger partial charge in [0.1, 0.15) is 11.9 Å². The fourth-order valence-electron chi connectivity index (χ4n) is 6.87. The minimum Gasteiger partial charge on any atom is -0.472 e. The van der Waals surface area contributed by atoms with Crippen LogP contribution >= 0.6 is 0 Å². The summed E-state index contributed by atoms with van der Waals surface area (Å²) in [6.45, 7) is 3.46. The van der Waals surface area contributed by atoms with Crippen molar-refractivity contribution >= 4 is 5.91 Å². The lowest BCUT2D eigenvalue weighted by molar-refractivity contribution is -0.142. The summed E-state index contributed by atoms with van der Waals surface area (Å²) >= 11 is 0. The Balaban J connectivity index is 1.21. The number of ether oxygens (including phenoxy) is 1. The summed E-state index contributed by atoms with van der Waals surface area (Å²) < 4.78 is 6.07. The van der Waals surface area contributed by atoms with E-state index in [1.165, 1.54) is 38.5 Å². The maximum atomic E-state index is 13.2. The molecule has 1 amide bonds. The minimum absolute atomic E-state index is 0.0494. The molecule has 5 nitrogen and oxygen atoms in total. The standard InChI is InChI=1S/C22H31N3O2/c1-15-23-5-4-20(24-15)27-19-3-2-6-25(14-19)21(26)13-22-10-16-7-17(11-22)9-18(8-16)12-22/h4-5,16-19H,2-3,6-14H2,1H3. The van der Waals surface area contributed by atoms with Crippen LogP contribution in [0.15, 0.2) is 12.3 Å². The molecule has 1 saturated heterocycles. The van der Waals surface area contributed by atoms with Gasteiger partial charge in [0, 0.05) is 25.2 Å². The molecule has 5 fully saturated rings. The Morgan fingerprint density at radius 2 is 1.93 bits per heavy atom. The Hall–Kier alpha value is -1.65. The zero-order valence-electron chi connectivity index (χ0n) is 16.4. The quantitative estimate of drug-likeness (QED) is 0.811. The van der Waals surface area contributed by atoms with Gasteiger partial charge in [-0.15, -0.1) is 0 Å². The average molecular weight is 370 g/mol. The third-order valence-corrected chi connectivity index (χ3v) is 7.46. The van der Waals surface area contributed by atoms with Gasteiger partial charge in [-0.2, -0.15) is 4.98 Å². The predicted molar refractivity (Wildman–Crippen MR) is 102 cm³/mol. The molecule has 0 spiro atoms. The largest absolute Gasteiger partial charge is 0.472 e. The van der Waals surface area contributed by atoms with Crippen LogP contribution in [0.2, 0.25) is 0 Å². The van der Waals surface area contributed by atoms with Crippen molar-refractivity contribution in [1.29, 1.82) is 0 Å². The number of nitrogens with zero attached hydrogens (tertiary/aromatic N) is 3. The number of aryl methyl sites for hydroxylation is 1. The first kappa shape index (κ1) is 17.4. The van der Waals surface area contributed by atoms with Gasteiger partial charge in [0.15, 0.2) is 0 Å². The number of piperidine rings is 1. The fourth-order valence-corrected chi connectivity index (χ4v) is 6.87. The lowest BCUT2D eigenvalue weighted by Gasteiger charge is -2.57. The molecule has 1 aromatic heterocycles. The third-order valence-electron chi connectivity index (χ3n) is 7.46. The van der Waals surface area contributed by atoms with Gasteiger partial charge in [-0.1, -0.05) is 0 Å². The molecule has 27 heavy (non-hydrogen) atoms. The summed E-state index contributed by atoms with van der Waals surface area (Å²) in [7, 11) is 0. The number of rotatable bonds is 4. The smallest absolute Gasteiger partial charge is 0.223 e. The zero-order valence-corrected chi connectivity index (χ0v) is 16.4. The fraction of sp³-hybridized carbons (Fsp3) is 0.773. The van der Waals surface area contributed by atoms with Gasteiger partial charge in [0.05, 0.1) is 6.54 Å². The Morgan fingerprint density at radius 3 is 2.59 bits per heavy atom. The molecule has 1 aromatic rings. The Kier molecular flexibility index (Phi) is 4.36. The van der Waals surface area contributed by atoms with Gasteiger partial charge < -0.3 is 9.64 Å². The van der Waals surface area contributed by atoms with E-state index >= 15 is 0 Å². The molecule has 0 aromatic carbocycles. The average Bonchev–Trinajstić information content (AvgIpc) is 2.60. The molecular formula is C22H31N3O2. The molecular weight excluding hydrogens is 338 g/mol. The van der Waals surface area contributed by atoms with Crippen molar-refractivity contribution < 1.29 is 9.53 Å². The first-order valence-corrected chi connectivity index (χ1v) is 10.8. The number of hydrogen-bond acceptors (Lipinski definition) is 4. The first-order valence-electron chi connectivity index (χ1n) is 10.8. The van der Waals surface area contributed by atoms with E-state index in [1.54, 1.807) is 6.20 Å². The molecule has 2 heterocycles. The van der Waals surface area contributed by atoms with Crippen LogP contribution in [-0.2, 0) is 4.79 Å². The SMILES string of the molecule is Cc1nccc(OC2CCCN(C(=O)CC34CC5CC(CC(C5)C3)C4)C2)n1. The van der Waals surface area contributed by atoms with Crippen molar-refractivity contribution in [3.8, 4) is 5.88 Å². The first-order chi connectivity index (χ1) is 13.1. The minimum atomic E-state index is 0.0494. The van der Waals surface area contributed by atoms with Crippen LogP contribution in [0.25, 0.3) is 0 Å². The van der Waals surface area contributed by atoms with E-state index < -0.39 is 0 Å². The summed E-state index contributed by atoms with van der Waals surface area (Å²) in [5.74, 6) is 4.43. The number of carbonyl (C=O) groups excluding carboxylic acids is 1. The number of likely N-dealkylation sites (tertiary alicyclic amines) is 1. The Labute approximate surface area is 161 Å². The van der Waals surface area contributed by atoms with Crippen LogP contribution in [0.1, 0.15) is 63.6 Å². The van der Waals surface area contributed by atoms with Crippen molar-refractivity contribution in [1.82, 2.24) is 14.9 Å². The van der Waals surface area contributed by atoms with E-state index in [0.29, 0.717) is 23.7 Å². The molecule has 4 bridgehead atoms. The Bertz CT molecular complexity index is 684. The molecule has 1 unspecified atom stereocenters. The van der Waals surface area contributed by atoms with Crippen molar-refractivity contribution in [3.05, 3.63) is 18.1 Å². The normalized spacial score (nSPS) is 37.4. The highest BCUT2D eigenvalue weighted by molar-refractivity contribution is 5.77. The summed E-state index contributed by atoms with van der Waals surface area (Å²) in [4.78, 5) is 23.7. The predicted octanol–water partition coefficient (Wildman–Crippen LogP) is 3.76. The lowest BCUT2D eigenvalue weighted by atomic mass is 9.49. The van der Waals surface area contributed by atoms with Gasteiger partial charge in [0.2, 0.25) is 11.8 Å². The van der Waals surface area contributed by atoms with Crippen LogP contribution in [0, 0.1) is 30.1 Å². The van der Waals surface area contributed by atoms with E-state index in [4.69, 9.17) is 4.74 Å². The second kappa shape index (κ2) is 6.75. The van der Waals surface area contributed by atoms with E-state index in [0.717, 1.165) is 49.4 Å². The summed E-state index contributed by atoms with van der Waals surface area (Å²) in [5.41, 5.74) is 0.323. The molecule has 0 radical (unpaired) electrons. The lowest BCUT2D eigenvalue weighted by Crippen LogP contribution is -2.50. The van der Waals surface area contributed by atoms with Crippen molar-refractivity contribution in [3.63, 3.8) is 0 Å². The monoisotopic (exact) mass is 369 g/mol. The van der Waals surface area contributed by atoms with Gasteiger partial charge in [0.25, 0.3) is 0 Å². The van der Waals surface area contributed by atoms with Gasteiger partial charge in [-0.25, -0.2) is 4.98 Å². The van der Waals surface area contributed by atoms with Crippen molar-refractivity contribution in [2.24, 2.45) is 23.2 Å². The van der Waals surface area contributed by atoms with Gasteiger partial charge in [-0.05, 0) is 81.5 Å². The molecule has 5 heteroatoms. The van der Waals surface area contributed by atoms with Crippen LogP contribution in [0.5, 0.6) is 5.88 Å². The molecule has 146 valence electrons. The highest BCUT2D eigenvalue weighted by Gasteiger charge is 2.51. The second-order valence-electron chi connectivity index (χ2n) is 9.76. The van der Waals surface area contributed by atoms with Gasteiger partial charge in [-0.3, -0.25) is 4.79 Å². The molecule has 6 rings (SSSR count). The zero-order chi connectivity index (χ0) is 18.4. The van der Waals surface area contributed by atoms with E-state index in [9.17, 15) is 4.79 Å². The molecule has 1 aliphatic heterocycles. The molecule has 4 saturated carbocycles. The van der Waals surface area contributed by atoms with Crippen molar-refractivity contribution in [2.45, 2.75) is 70.8 Å². The van der Waals surface area contributed by atoms with E-state index in [-0.39, 0.29) is 6.10 Å². The maximum absolute atomic E-state index is 13.2. The number of carbonyl (C=O) groups is 1. The van der Waals surface area contributed by atoms with Gasteiger partial charge >= 0.3 is 0 Å². The van der Waals surface area contributed by atoms with Crippen LogP contribution in [0.4, 0.5) is 0 Å². The topological polar surface area (TPSA) is 55.3 Å². The molecule has 4 aliphatic carbocycles. The number of aromatic nitrogens is 2. The third kappa shape index (κ3) is 3.57. The number of amides is 1.